The number of alkyl halides is 1. The van der Waals surface area contributed by atoms with Crippen LogP contribution in [0.4, 0.5) is 0 Å². The molecule has 30 heavy (non-hydrogen) atoms. The third-order valence-corrected chi connectivity index (χ3v) is 6.17. The molecule has 1 aliphatic rings. The summed E-state index contributed by atoms with van der Waals surface area (Å²) >= 11 is 7.16. The molecule has 4 unspecified atom stereocenters. The first-order valence-electron chi connectivity index (χ1n) is 9.72. The third-order valence-electron chi connectivity index (χ3n) is 5.60. The first-order valence-corrected chi connectivity index (χ1v) is 10.1. The highest BCUT2D eigenvalue weighted by molar-refractivity contribution is 6.30. The van der Waals surface area contributed by atoms with Gasteiger partial charge >= 0.3 is 0 Å². The van der Waals surface area contributed by atoms with Crippen molar-refractivity contribution in [2.45, 2.75) is 35.0 Å². The minimum atomic E-state index is -1.98. The number of ketones is 1. The number of halogens is 1. The van der Waals surface area contributed by atoms with E-state index < -0.39 is 41.0 Å². The quantitative estimate of drug-likeness (QED) is 0.483. The number of rotatable bonds is 8. The Bertz CT molecular complexity index is 872. The molecule has 4 atom stereocenters. The van der Waals surface area contributed by atoms with E-state index in [1.807, 2.05) is 24.3 Å². The van der Waals surface area contributed by atoms with Crippen molar-refractivity contribution in [1.29, 1.82) is 0 Å². The van der Waals surface area contributed by atoms with Gasteiger partial charge in [0, 0.05) is 0 Å². The highest BCUT2D eigenvalue weighted by atomic mass is 35.5. The molecule has 0 amide bonds. The van der Waals surface area contributed by atoms with Gasteiger partial charge in [-0.3, -0.25) is 4.79 Å². The van der Waals surface area contributed by atoms with Gasteiger partial charge in [0.2, 0.25) is 0 Å². The first-order chi connectivity index (χ1) is 14.4. The monoisotopic (exact) mass is 428 g/mol. The summed E-state index contributed by atoms with van der Waals surface area (Å²) in [6.45, 7) is -0.802. The number of aliphatic hydroxyl groups is 4. The number of carbonyl (C=O) groups is 1. The van der Waals surface area contributed by atoms with Crippen molar-refractivity contribution >= 4 is 17.4 Å². The molecule has 6 heteroatoms. The van der Waals surface area contributed by atoms with Crippen LogP contribution in [0.15, 0.2) is 85.0 Å². The Morgan fingerprint density at radius 3 is 1.93 bits per heavy atom. The van der Waals surface area contributed by atoms with Crippen LogP contribution in [0.1, 0.15) is 17.5 Å². The number of Topliss-reactive ketones (excluding diaryl/α,β-unsaturated/α-hetero) is 1. The minimum Gasteiger partial charge on any atom is -0.394 e. The first kappa shape index (κ1) is 22.4. The highest BCUT2D eigenvalue weighted by Crippen LogP contribution is 2.51. The maximum absolute atomic E-state index is 14.0. The predicted molar refractivity (Wildman–Crippen MR) is 115 cm³/mol. The molecule has 1 aliphatic carbocycles. The van der Waals surface area contributed by atoms with Crippen LogP contribution in [0.2, 0.25) is 0 Å². The summed E-state index contributed by atoms with van der Waals surface area (Å²) in [7, 11) is 0. The van der Waals surface area contributed by atoms with Gasteiger partial charge in [-0.05, 0) is 17.5 Å². The van der Waals surface area contributed by atoms with Crippen LogP contribution in [-0.4, -0.2) is 56.0 Å². The lowest BCUT2D eigenvalue weighted by atomic mass is 9.59. The predicted octanol–water partition coefficient (Wildman–Crippen LogP) is 2.11. The zero-order chi connectivity index (χ0) is 21.8. The Hall–Kier alpha value is -2.28. The van der Waals surface area contributed by atoms with Gasteiger partial charge in [0.15, 0.2) is 5.78 Å². The normalized spacial score (nSPS) is 21.8. The lowest BCUT2D eigenvalue weighted by Crippen LogP contribution is -2.60. The van der Waals surface area contributed by atoms with Gasteiger partial charge in [0.1, 0.15) is 23.7 Å². The second-order valence-electron chi connectivity index (χ2n) is 7.39. The van der Waals surface area contributed by atoms with Crippen LogP contribution >= 0.6 is 11.6 Å². The Morgan fingerprint density at radius 2 is 1.50 bits per heavy atom. The summed E-state index contributed by atoms with van der Waals surface area (Å²) in [5.41, 5.74) is -0.491. The maximum atomic E-state index is 14.0. The summed E-state index contributed by atoms with van der Waals surface area (Å²) in [5, 5.41) is 40.2. The summed E-state index contributed by atoms with van der Waals surface area (Å²) < 4.78 is 0. The van der Waals surface area contributed by atoms with Crippen LogP contribution in [-0.2, 0) is 10.2 Å². The van der Waals surface area contributed by atoms with Crippen molar-refractivity contribution in [2.75, 3.05) is 6.61 Å². The van der Waals surface area contributed by atoms with E-state index in [0.717, 1.165) is 0 Å². The standard InChI is InChI=1S/C24H25ClO5/c25-23(14-8-3-9-15-23)24(17-10-4-1-5-11-17,18-12-6-2-7-13-18)22(30)21(29)20(28)19(27)16-26/h1-14,19-21,26-29H,15-16H2. The number of aliphatic hydroxyl groups excluding tert-OH is 4. The van der Waals surface area contributed by atoms with Gasteiger partial charge < -0.3 is 20.4 Å². The summed E-state index contributed by atoms with van der Waals surface area (Å²) in [6.07, 6.45) is 1.88. The Balaban J connectivity index is 2.30. The molecule has 0 aromatic heterocycles. The van der Waals surface area contributed by atoms with Crippen molar-refractivity contribution < 1.29 is 25.2 Å². The molecule has 0 aliphatic heterocycles. The molecule has 0 fully saturated rings. The van der Waals surface area contributed by atoms with E-state index in [1.165, 1.54) is 0 Å². The average molecular weight is 429 g/mol. The maximum Gasteiger partial charge on any atom is 0.181 e. The van der Waals surface area contributed by atoms with Crippen LogP contribution in [0, 0.1) is 0 Å². The molecule has 0 bridgehead atoms. The lowest BCUT2D eigenvalue weighted by Gasteiger charge is -2.47. The Morgan fingerprint density at radius 1 is 0.967 bits per heavy atom. The molecule has 0 heterocycles. The third kappa shape index (κ3) is 3.75. The zero-order valence-corrected chi connectivity index (χ0v) is 17.1. The summed E-state index contributed by atoms with van der Waals surface area (Å²) in [6, 6.07) is 17.7. The number of hydrogen-bond acceptors (Lipinski definition) is 5. The smallest absolute Gasteiger partial charge is 0.181 e. The van der Waals surface area contributed by atoms with Crippen LogP contribution in [0.5, 0.6) is 0 Å². The molecular formula is C24H25ClO5. The molecule has 0 saturated heterocycles. The van der Waals surface area contributed by atoms with Gasteiger partial charge in [-0.1, -0.05) is 85.0 Å². The summed E-state index contributed by atoms with van der Waals surface area (Å²) in [4.78, 5) is 12.7. The van der Waals surface area contributed by atoms with Crippen molar-refractivity contribution in [2.24, 2.45) is 0 Å². The fourth-order valence-corrected chi connectivity index (χ4v) is 4.55. The molecule has 5 nitrogen and oxygen atoms in total. The second kappa shape index (κ2) is 9.25. The fourth-order valence-electron chi connectivity index (χ4n) is 4.08. The van der Waals surface area contributed by atoms with Crippen LogP contribution < -0.4 is 0 Å². The number of hydrogen-bond donors (Lipinski definition) is 4. The van der Waals surface area contributed by atoms with Crippen molar-refractivity contribution in [3.8, 4) is 0 Å². The molecule has 3 rings (SSSR count). The van der Waals surface area contributed by atoms with Crippen LogP contribution in [0.25, 0.3) is 0 Å². The van der Waals surface area contributed by atoms with Crippen molar-refractivity contribution in [3.63, 3.8) is 0 Å². The van der Waals surface area contributed by atoms with Gasteiger partial charge in [0.05, 0.1) is 11.5 Å². The Labute approximate surface area is 180 Å². The minimum absolute atomic E-state index is 0.298. The van der Waals surface area contributed by atoms with E-state index >= 15 is 0 Å². The number of allylic oxidation sites excluding steroid dienone is 4. The van der Waals surface area contributed by atoms with Crippen molar-refractivity contribution in [3.05, 3.63) is 96.1 Å². The molecule has 0 radical (unpaired) electrons. The van der Waals surface area contributed by atoms with Gasteiger partial charge in [-0.15, -0.1) is 11.6 Å². The molecule has 4 N–H and O–H groups in total. The molecular weight excluding hydrogens is 404 g/mol. The van der Waals surface area contributed by atoms with Gasteiger partial charge in [-0.25, -0.2) is 0 Å². The van der Waals surface area contributed by atoms with E-state index in [2.05, 4.69) is 0 Å². The van der Waals surface area contributed by atoms with Gasteiger partial charge in [-0.2, -0.15) is 0 Å². The molecule has 158 valence electrons. The molecule has 2 aromatic carbocycles. The SMILES string of the molecule is O=C(C(O)C(O)C(O)CO)C(c1ccccc1)(c1ccccc1)C1(Cl)C=CC=CC1. The molecule has 0 saturated carbocycles. The zero-order valence-electron chi connectivity index (χ0n) is 16.3. The summed E-state index contributed by atoms with van der Waals surface area (Å²) in [5.74, 6) is -0.769. The van der Waals surface area contributed by atoms with E-state index in [-0.39, 0.29) is 0 Å². The van der Waals surface area contributed by atoms with E-state index in [9.17, 15) is 25.2 Å². The van der Waals surface area contributed by atoms with Crippen LogP contribution in [0.3, 0.4) is 0 Å². The molecule has 0 spiro atoms. The van der Waals surface area contributed by atoms with E-state index in [0.29, 0.717) is 17.5 Å². The topological polar surface area (TPSA) is 98.0 Å². The second-order valence-corrected chi connectivity index (χ2v) is 8.06. The van der Waals surface area contributed by atoms with E-state index in [4.69, 9.17) is 11.6 Å². The van der Waals surface area contributed by atoms with Crippen molar-refractivity contribution in [1.82, 2.24) is 0 Å². The van der Waals surface area contributed by atoms with Gasteiger partial charge in [0.25, 0.3) is 0 Å². The number of carbonyl (C=O) groups excluding carboxylic acids is 1. The lowest BCUT2D eigenvalue weighted by molar-refractivity contribution is -0.145. The number of benzene rings is 2. The largest absolute Gasteiger partial charge is 0.394 e. The average Bonchev–Trinajstić information content (AvgIpc) is 2.79. The highest BCUT2D eigenvalue weighted by Gasteiger charge is 2.58. The van der Waals surface area contributed by atoms with E-state index in [1.54, 1.807) is 60.7 Å². The Kier molecular flexibility index (Phi) is 6.91. The molecule has 2 aromatic rings. The fraction of sp³-hybridized carbons (Fsp3) is 0.292.